The molecule has 1 heterocycles. The lowest BCUT2D eigenvalue weighted by Crippen LogP contribution is -1.97. The predicted octanol–water partition coefficient (Wildman–Crippen LogP) is 2.11. The highest BCUT2D eigenvalue weighted by Crippen LogP contribution is 2.28. The van der Waals surface area contributed by atoms with Crippen LogP contribution < -0.4 is 10.5 Å². The number of ether oxygens (including phenoxy) is 1. The van der Waals surface area contributed by atoms with Crippen LogP contribution in [0.4, 0.5) is 10.1 Å². The maximum atomic E-state index is 13.3. The molecule has 0 aliphatic heterocycles. The Morgan fingerprint density at radius 2 is 2.22 bits per heavy atom. The van der Waals surface area contributed by atoms with E-state index >= 15 is 0 Å². The molecule has 0 bridgehead atoms. The van der Waals surface area contributed by atoms with Gasteiger partial charge in [0.05, 0.1) is 11.4 Å². The van der Waals surface area contributed by atoms with Gasteiger partial charge in [-0.3, -0.25) is 0 Å². The summed E-state index contributed by atoms with van der Waals surface area (Å²) >= 11 is 0. The van der Waals surface area contributed by atoms with Gasteiger partial charge in [0.2, 0.25) is 5.88 Å². The Kier molecular flexibility index (Phi) is 2.90. The molecule has 0 aliphatic rings. The van der Waals surface area contributed by atoms with Crippen LogP contribution in [-0.4, -0.2) is 9.78 Å². The summed E-state index contributed by atoms with van der Waals surface area (Å²) in [5.41, 5.74) is 6.31. The second-order valence-corrected chi connectivity index (χ2v) is 3.79. The van der Waals surface area contributed by atoms with Crippen molar-refractivity contribution in [3.05, 3.63) is 35.3 Å². The molecule has 2 aromatic rings. The molecule has 1 aromatic carbocycles. The molecule has 2 N–H and O–H groups in total. The molecule has 5 nitrogen and oxygen atoms in total. The Hall–Kier alpha value is -2.55. The molecule has 0 fully saturated rings. The molecule has 0 saturated carbocycles. The van der Waals surface area contributed by atoms with Crippen LogP contribution in [0.1, 0.15) is 11.3 Å². The first kappa shape index (κ1) is 11.9. The Morgan fingerprint density at radius 1 is 1.50 bits per heavy atom. The van der Waals surface area contributed by atoms with E-state index in [2.05, 4.69) is 5.10 Å². The third-order valence-electron chi connectivity index (χ3n) is 2.47. The number of nitrogens with two attached hydrogens (primary N) is 1. The molecule has 0 unspecified atom stereocenters. The smallest absolute Gasteiger partial charge is 0.235 e. The number of aromatic nitrogens is 2. The molecule has 0 aliphatic carbocycles. The molecule has 1 aromatic heterocycles. The van der Waals surface area contributed by atoms with Gasteiger partial charge in [-0.2, -0.15) is 10.4 Å². The third kappa shape index (κ3) is 1.98. The number of anilines is 1. The van der Waals surface area contributed by atoms with Crippen molar-refractivity contribution in [1.82, 2.24) is 9.78 Å². The van der Waals surface area contributed by atoms with Crippen molar-refractivity contribution in [1.29, 1.82) is 5.26 Å². The SMILES string of the molecule is Cc1nn(C)c(Oc2ccc(N)c(F)c2)c1C#N. The first-order chi connectivity index (χ1) is 8.52. The lowest BCUT2D eigenvalue weighted by molar-refractivity contribution is 0.426. The number of nitriles is 1. The van der Waals surface area contributed by atoms with Crippen molar-refractivity contribution < 1.29 is 9.13 Å². The molecule has 0 radical (unpaired) electrons. The highest BCUT2D eigenvalue weighted by Gasteiger charge is 2.15. The largest absolute Gasteiger partial charge is 0.438 e. The van der Waals surface area contributed by atoms with Gasteiger partial charge in [0.1, 0.15) is 23.2 Å². The fraction of sp³-hybridized carbons (Fsp3) is 0.167. The van der Waals surface area contributed by atoms with Crippen molar-refractivity contribution in [2.24, 2.45) is 7.05 Å². The summed E-state index contributed by atoms with van der Waals surface area (Å²) in [6.45, 7) is 1.70. The van der Waals surface area contributed by atoms with Gasteiger partial charge in [-0.1, -0.05) is 0 Å². The average Bonchev–Trinajstić information content (AvgIpc) is 2.58. The molecule has 18 heavy (non-hydrogen) atoms. The minimum atomic E-state index is -0.565. The molecule has 92 valence electrons. The number of halogens is 1. The molecule has 2 rings (SSSR count). The number of nitrogens with zero attached hydrogens (tertiary/aromatic N) is 3. The summed E-state index contributed by atoms with van der Waals surface area (Å²) in [4.78, 5) is 0. The lowest BCUT2D eigenvalue weighted by atomic mass is 10.2. The zero-order valence-electron chi connectivity index (χ0n) is 9.94. The van der Waals surface area contributed by atoms with Crippen LogP contribution in [0.25, 0.3) is 0 Å². The van der Waals surface area contributed by atoms with Crippen molar-refractivity contribution in [2.45, 2.75) is 6.92 Å². The highest BCUT2D eigenvalue weighted by molar-refractivity contribution is 5.47. The van der Waals surface area contributed by atoms with Crippen LogP contribution in [0.2, 0.25) is 0 Å². The van der Waals surface area contributed by atoms with E-state index in [1.165, 1.54) is 22.9 Å². The fourth-order valence-corrected chi connectivity index (χ4v) is 1.57. The number of hydrogen-bond acceptors (Lipinski definition) is 4. The standard InChI is InChI=1S/C12H11FN4O/c1-7-9(6-14)12(17(2)16-7)18-8-3-4-11(15)10(13)5-8/h3-5H,15H2,1-2H3. The molecule has 0 saturated heterocycles. The van der Waals surface area contributed by atoms with Crippen LogP contribution in [0.5, 0.6) is 11.6 Å². The second-order valence-electron chi connectivity index (χ2n) is 3.79. The summed E-state index contributed by atoms with van der Waals surface area (Å²) in [6.07, 6.45) is 0. The van der Waals surface area contributed by atoms with E-state index in [1.54, 1.807) is 14.0 Å². The Labute approximate surface area is 103 Å². The Balaban J connectivity index is 2.40. The molecule has 0 atom stereocenters. The van der Waals surface area contributed by atoms with Crippen LogP contribution in [0, 0.1) is 24.1 Å². The summed E-state index contributed by atoms with van der Waals surface area (Å²) < 4.78 is 20.2. The molecule has 6 heteroatoms. The predicted molar refractivity (Wildman–Crippen MR) is 63.5 cm³/mol. The topological polar surface area (TPSA) is 76.9 Å². The van der Waals surface area contributed by atoms with Crippen molar-refractivity contribution in [3.8, 4) is 17.7 Å². The van der Waals surface area contributed by atoms with Crippen molar-refractivity contribution in [2.75, 3.05) is 5.73 Å². The molecular weight excluding hydrogens is 235 g/mol. The minimum absolute atomic E-state index is 0.0454. The molecule has 0 amide bonds. The Bertz CT molecular complexity index is 642. The second kappa shape index (κ2) is 4.37. The van der Waals surface area contributed by atoms with E-state index in [-0.39, 0.29) is 17.3 Å². The van der Waals surface area contributed by atoms with Crippen molar-refractivity contribution in [3.63, 3.8) is 0 Å². The van der Waals surface area contributed by atoms with E-state index < -0.39 is 5.82 Å². The van der Waals surface area contributed by atoms with Gasteiger partial charge in [0.15, 0.2) is 0 Å². The van der Waals surface area contributed by atoms with Crippen LogP contribution in [0.15, 0.2) is 18.2 Å². The summed E-state index contributed by atoms with van der Waals surface area (Å²) in [5.74, 6) is -0.0229. The van der Waals surface area contributed by atoms with E-state index in [0.29, 0.717) is 11.3 Å². The number of aryl methyl sites for hydroxylation is 2. The quantitative estimate of drug-likeness (QED) is 0.823. The van der Waals surface area contributed by atoms with Crippen molar-refractivity contribution >= 4 is 5.69 Å². The molecule has 0 spiro atoms. The molecular formula is C12H11FN4O. The van der Waals surface area contributed by atoms with Gasteiger partial charge in [0.25, 0.3) is 0 Å². The minimum Gasteiger partial charge on any atom is -0.438 e. The maximum Gasteiger partial charge on any atom is 0.235 e. The lowest BCUT2D eigenvalue weighted by Gasteiger charge is -2.06. The normalized spacial score (nSPS) is 10.1. The highest BCUT2D eigenvalue weighted by atomic mass is 19.1. The average molecular weight is 246 g/mol. The van der Waals surface area contributed by atoms with E-state index in [0.717, 1.165) is 0 Å². The van der Waals surface area contributed by atoms with E-state index in [4.69, 9.17) is 15.7 Å². The van der Waals surface area contributed by atoms with Gasteiger partial charge < -0.3 is 10.5 Å². The Morgan fingerprint density at radius 3 is 2.83 bits per heavy atom. The number of nitrogen functional groups attached to an aromatic ring is 1. The van der Waals surface area contributed by atoms with Gasteiger partial charge in [-0.25, -0.2) is 9.07 Å². The van der Waals surface area contributed by atoms with Gasteiger partial charge in [0, 0.05) is 13.1 Å². The van der Waals surface area contributed by atoms with Gasteiger partial charge in [-0.05, 0) is 19.1 Å². The zero-order valence-corrected chi connectivity index (χ0v) is 9.94. The maximum absolute atomic E-state index is 13.3. The van der Waals surface area contributed by atoms with Crippen LogP contribution in [-0.2, 0) is 7.05 Å². The van der Waals surface area contributed by atoms with E-state index in [9.17, 15) is 4.39 Å². The van der Waals surface area contributed by atoms with Crippen LogP contribution in [0.3, 0.4) is 0 Å². The summed E-state index contributed by atoms with van der Waals surface area (Å²) in [5, 5.41) is 13.1. The number of rotatable bonds is 2. The van der Waals surface area contributed by atoms with Gasteiger partial charge in [-0.15, -0.1) is 0 Å². The summed E-state index contributed by atoms with van der Waals surface area (Å²) in [6, 6.07) is 6.10. The fourth-order valence-electron chi connectivity index (χ4n) is 1.57. The first-order valence-electron chi connectivity index (χ1n) is 5.19. The van der Waals surface area contributed by atoms with Gasteiger partial charge >= 0.3 is 0 Å². The number of hydrogen-bond donors (Lipinski definition) is 1. The monoisotopic (exact) mass is 246 g/mol. The first-order valence-corrected chi connectivity index (χ1v) is 5.19. The van der Waals surface area contributed by atoms with Crippen LogP contribution >= 0.6 is 0 Å². The number of benzene rings is 1. The third-order valence-corrected chi connectivity index (χ3v) is 2.47. The van der Waals surface area contributed by atoms with E-state index in [1.807, 2.05) is 6.07 Å². The summed E-state index contributed by atoms with van der Waals surface area (Å²) in [7, 11) is 1.65. The zero-order chi connectivity index (χ0) is 13.3.